The van der Waals surface area contributed by atoms with Crippen LogP contribution in [0.2, 0.25) is 0 Å². The summed E-state index contributed by atoms with van der Waals surface area (Å²) in [5.74, 6) is 0.826. The van der Waals surface area contributed by atoms with Crippen molar-refractivity contribution in [2.24, 2.45) is 0 Å². The van der Waals surface area contributed by atoms with Crippen molar-refractivity contribution in [1.29, 1.82) is 0 Å². The number of aryl methyl sites for hydroxylation is 1. The Morgan fingerprint density at radius 1 is 0.615 bits per heavy atom. The number of nitrogens with zero attached hydrogens (tertiary/aromatic N) is 1. The topological polar surface area (TPSA) is 3.88 Å². The number of unbranched alkanes of at least 4 members (excludes halogenated alkanes) is 9. The molecule has 0 saturated carbocycles. The minimum Gasteiger partial charge on any atom is -0.198 e. The quantitative estimate of drug-likeness (QED) is 0.197. The number of alkyl halides is 1. The second-order valence-electron chi connectivity index (χ2n) is 7.28. The molecule has 1 aromatic heterocycles. The van der Waals surface area contributed by atoms with Gasteiger partial charge >= 0.3 is 0 Å². The van der Waals surface area contributed by atoms with E-state index >= 15 is 0 Å². The lowest BCUT2D eigenvalue weighted by Gasteiger charge is -2.05. The van der Waals surface area contributed by atoms with Gasteiger partial charge in [0.2, 0.25) is 0 Å². The molecule has 2 heteroatoms. The minimum atomic E-state index is 0.826. The summed E-state index contributed by atoms with van der Waals surface area (Å²) in [4.78, 5) is 0. The van der Waals surface area contributed by atoms with Crippen LogP contribution >= 0.6 is 11.6 Å². The van der Waals surface area contributed by atoms with Gasteiger partial charge in [-0.05, 0) is 12.8 Å². The minimum absolute atomic E-state index is 0.826. The van der Waals surface area contributed by atoms with Gasteiger partial charge in [0, 0.05) is 30.0 Å². The molecule has 0 amide bonds. The maximum absolute atomic E-state index is 5.71. The highest BCUT2D eigenvalue weighted by Crippen LogP contribution is 2.12. The van der Waals surface area contributed by atoms with E-state index in [1.165, 1.54) is 81.9 Å². The van der Waals surface area contributed by atoms with E-state index in [-0.39, 0.29) is 0 Å². The largest absolute Gasteiger partial charge is 0.198 e. The van der Waals surface area contributed by atoms with E-state index in [4.69, 9.17) is 11.6 Å². The molecule has 2 rings (SSSR count). The second kappa shape index (κ2) is 13.8. The van der Waals surface area contributed by atoms with Gasteiger partial charge in [-0.15, -0.1) is 11.6 Å². The number of pyridine rings is 1. The highest BCUT2D eigenvalue weighted by Gasteiger charge is 2.09. The Morgan fingerprint density at radius 3 is 1.85 bits per heavy atom. The summed E-state index contributed by atoms with van der Waals surface area (Å²) in [7, 11) is 0. The molecular formula is C24H35ClN+. The fourth-order valence-corrected chi connectivity index (χ4v) is 3.68. The Morgan fingerprint density at radius 2 is 1.19 bits per heavy atom. The van der Waals surface area contributed by atoms with Crippen LogP contribution in [0.4, 0.5) is 0 Å². The third-order valence-electron chi connectivity index (χ3n) is 5.05. The Kier molecular flexibility index (Phi) is 11.1. The Labute approximate surface area is 165 Å². The van der Waals surface area contributed by atoms with Crippen molar-refractivity contribution < 1.29 is 4.57 Å². The van der Waals surface area contributed by atoms with Gasteiger partial charge < -0.3 is 0 Å². The summed E-state index contributed by atoms with van der Waals surface area (Å²) in [6.45, 7) is 0.973. The maximum atomic E-state index is 5.71. The first-order valence-corrected chi connectivity index (χ1v) is 11.0. The van der Waals surface area contributed by atoms with Gasteiger partial charge in [-0.2, -0.15) is 4.57 Å². The van der Waals surface area contributed by atoms with Crippen LogP contribution in [0.25, 0.3) is 0 Å². The van der Waals surface area contributed by atoms with Crippen molar-refractivity contribution in [1.82, 2.24) is 0 Å². The Balaban J connectivity index is 1.58. The highest BCUT2D eigenvalue weighted by molar-refractivity contribution is 6.17. The van der Waals surface area contributed by atoms with E-state index in [9.17, 15) is 0 Å². The molecular weight excluding hydrogens is 338 g/mol. The molecule has 142 valence electrons. The smallest absolute Gasteiger partial charge is 0.181 e. The molecule has 0 atom stereocenters. The lowest BCUT2D eigenvalue weighted by molar-refractivity contribution is -0.695. The van der Waals surface area contributed by atoms with Gasteiger partial charge in [-0.25, -0.2) is 0 Å². The van der Waals surface area contributed by atoms with E-state index < -0.39 is 0 Å². The molecule has 0 N–H and O–H groups in total. The normalized spacial score (nSPS) is 11.0. The molecule has 0 radical (unpaired) electrons. The standard InChI is InChI=1S/C24H35ClN/c25-20-14-8-6-4-2-1-3-5-7-12-18-24-19-13-15-21-26(24)22-23-16-10-9-11-17-23/h9-11,13,15-17,19,21H,1-8,12,14,18,20,22H2/q+1. The van der Waals surface area contributed by atoms with Crippen LogP contribution in [0.5, 0.6) is 0 Å². The van der Waals surface area contributed by atoms with Crippen LogP contribution in [0.3, 0.4) is 0 Å². The molecule has 0 unspecified atom stereocenters. The predicted molar refractivity (Wildman–Crippen MR) is 113 cm³/mol. The van der Waals surface area contributed by atoms with Crippen LogP contribution in [-0.4, -0.2) is 5.88 Å². The number of hydrogen-bond acceptors (Lipinski definition) is 0. The van der Waals surface area contributed by atoms with Crippen molar-refractivity contribution in [3.8, 4) is 0 Å². The predicted octanol–water partition coefficient (Wildman–Crippen LogP) is 6.70. The highest BCUT2D eigenvalue weighted by atomic mass is 35.5. The first-order valence-electron chi connectivity index (χ1n) is 10.5. The molecule has 1 heterocycles. The van der Waals surface area contributed by atoms with Crippen LogP contribution in [-0.2, 0) is 13.0 Å². The van der Waals surface area contributed by atoms with Gasteiger partial charge in [-0.1, -0.05) is 87.8 Å². The zero-order chi connectivity index (χ0) is 18.3. The molecule has 1 nitrogen and oxygen atoms in total. The number of rotatable bonds is 14. The monoisotopic (exact) mass is 372 g/mol. The summed E-state index contributed by atoms with van der Waals surface area (Å²) in [6, 6.07) is 17.3. The lowest BCUT2D eigenvalue weighted by atomic mass is 10.0. The summed E-state index contributed by atoms with van der Waals surface area (Å²) >= 11 is 5.71. The molecule has 0 aliphatic carbocycles. The van der Waals surface area contributed by atoms with E-state index in [1.807, 2.05) is 0 Å². The molecule has 2 aromatic rings. The molecule has 0 aliphatic heterocycles. The van der Waals surface area contributed by atoms with E-state index in [2.05, 4.69) is 59.3 Å². The third kappa shape index (κ3) is 8.85. The van der Waals surface area contributed by atoms with Gasteiger partial charge in [0.05, 0.1) is 0 Å². The van der Waals surface area contributed by atoms with Crippen LogP contribution < -0.4 is 4.57 Å². The van der Waals surface area contributed by atoms with Gasteiger partial charge in [0.1, 0.15) is 0 Å². The SMILES string of the molecule is ClCCCCCCCCCCCCc1cccc[n+]1Cc1ccccc1. The summed E-state index contributed by atoms with van der Waals surface area (Å²) in [6.07, 6.45) is 16.9. The molecule has 0 fully saturated rings. The zero-order valence-electron chi connectivity index (χ0n) is 16.2. The summed E-state index contributed by atoms with van der Waals surface area (Å²) < 4.78 is 2.40. The summed E-state index contributed by atoms with van der Waals surface area (Å²) in [5.41, 5.74) is 2.83. The Bertz CT molecular complexity index is 582. The molecule has 1 aromatic carbocycles. The molecule has 0 saturated heterocycles. The third-order valence-corrected chi connectivity index (χ3v) is 5.31. The van der Waals surface area contributed by atoms with E-state index in [0.717, 1.165) is 12.4 Å². The number of hydrogen-bond donors (Lipinski definition) is 0. The van der Waals surface area contributed by atoms with Crippen LogP contribution in [0.15, 0.2) is 54.7 Å². The van der Waals surface area contributed by atoms with Crippen molar-refractivity contribution >= 4 is 11.6 Å². The van der Waals surface area contributed by atoms with Gasteiger partial charge in [0.25, 0.3) is 0 Å². The van der Waals surface area contributed by atoms with Crippen molar-refractivity contribution in [2.75, 3.05) is 5.88 Å². The molecule has 0 aliphatic rings. The number of halogens is 1. The fourth-order valence-electron chi connectivity index (χ4n) is 3.49. The van der Waals surface area contributed by atoms with Crippen LogP contribution in [0.1, 0.15) is 75.5 Å². The Hall–Kier alpha value is -1.34. The van der Waals surface area contributed by atoms with Crippen LogP contribution in [0, 0.1) is 0 Å². The maximum Gasteiger partial charge on any atom is 0.181 e. The van der Waals surface area contributed by atoms with E-state index in [0.29, 0.717) is 0 Å². The zero-order valence-corrected chi connectivity index (χ0v) is 17.0. The molecule has 26 heavy (non-hydrogen) atoms. The lowest BCUT2D eigenvalue weighted by Crippen LogP contribution is -2.38. The molecule has 0 spiro atoms. The van der Waals surface area contributed by atoms with E-state index in [1.54, 1.807) is 0 Å². The first kappa shape index (κ1) is 21.0. The fraction of sp³-hybridized carbons (Fsp3) is 0.542. The number of aromatic nitrogens is 1. The van der Waals surface area contributed by atoms with Crippen molar-refractivity contribution in [3.63, 3.8) is 0 Å². The molecule has 0 bridgehead atoms. The van der Waals surface area contributed by atoms with Crippen molar-refractivity contribution in [2.45, 2.75) is 77.2 Å². The number of benzene rings is 1. The summed E-state index contributed by atoms with van der Waals surface area (Å²) in [5, 5.41) is 0. The van der Waals surface area contributed by atoms with Gasteiger partial charge in [-0.3, -0.25) is 0 Å². The average Bonchev–Trinajstić information content (AvgIpc) is 2.68. The van der Waals surface area contributed by atoms with Crippen molar-refractivity contribution in [3.05, 3.63) is 66.0 Å². The van der Waals surface area contributed by atoms with Gasteiger partial charge in [0.15, 0.2) is 18.4 Å². The average molecular weight is 373 g/mol. The second-order valence-corrected chi connectivity index (χ2v) is 7.66. The first-order chi connectivity index (χ1) is 12.9.